The molecule has 1 heterocycles. The molecule has 1 N–H and O–H groups in total. The third-order valence-corrected chi connectivity index (χ3v) is 4.34. The zero-order chi connectivity index (χ0) is 13.8. The van der Waals surface area contributed by atoms with Gasteiger partial charge >= 0.3 is 0 Å². The van der Waals surface area contributed by atoms with E-state index < -0.39 is 0 Å². The molecule has 0 radical (unpaired) electrons. The lowest BCUT2D eigenvalue weighted by atomic mass is 10.1. The van der Waals surface area contributed by atoms with E-state index in [0.29, 0.717) is 6.04 Å². The molecule has 0 spiro atoms. The number of nitrogens with one attached hydrogen (secondary N) is 1. The van der Waals surface area contributed by atoms with Crippen LogP contribution >= 0.6 is 15.9 Å². The first-order chi connectivity index (χ1) is 9.17. The highest BCUT2D eigenvalue weighted by Crippen LogP contribution is 2.37. The first-order valence-electron chi connectivity index (χ1n) is 6.53. The molecule has 0 saturated carbocycles. The zero-order valence-corrected chi connectivity index (χ0v) is 13.3. The molecule has 106 valence electrons. The van der Waals surface area contributed by atoms with E-state index in [0.717, 1.165) is 42.2 Å². The molecule has 1 aliphatic rings. The maximum Gasteiger partial charge on any atom is 0.161 e. The van der Waals surface area contributed by atoms with Gasteiger partial charge in [0.15, 0.2) is 11.5 Å². The molecule has 1 aromatic carbocycles. The van der Waals surface area contributed by atoms with Crippen LogP contribution in [0.15, 0.2) is 16.6 Å². The minimum absolute atomic E-state index is 0.358. The SMILES string of the molecule is COc1cc(Br)c(C(C)N2CCNCC2)cc1OC. The number of ether oxygens (including phenoxy) is 2. The molecule has 1 saturated heterocycles. The third kappa shape index (κ3) is 3.22. The molecule has 1 aromatic rings. The molecule has 1 atom stereocenters. The predicted octanol–water partition coefficient (Wildman–Crippen LogP) is 2.43. The highest BCUT2D eigenvalue weighted by molar-refractivity contribution is 9.10. The van der Waals surface area contributed by atoms with E-state index in [1.54, 1.807) is 14.2 Å². The first kappa shape index (κ1) is 14.6. The molecule has 2 rings (SSSR count). The van der Waals surface area contributed by atoms with Crippen LogP contribution in [0.4, 0.5) is 0 Å². The van der Waals surface area contributed by atoms with E-state index in [-0.39, 0.29) is 0 Å². The number of methoxy groups -OCH3 is 2. The number of halogens is 1. The fourth-order valence-electron chi connectivity index (χ4n) is 2.46. The van der Waals surface area contributed by atoms with E-state index >= 15 is 0 Å². The van der Waals surface area contributed by atoms with Crippen molar-refractivity contribution >= 4 is 15.9 Å². The Hall–Kier alpha value is -0.780. The topological polar surface area (TPSA) is 33.7 Å². The molecule has 1 aliphatic heterocycles. The summed E-state index contributed by atoms with van der Waals surface area (Å²) in [5.41, 5.74) is 1.24. The molecule has 0 amide bonds. The van der Waals surface area contributed by atoms with Crippen molar-refractivity contribution < 1.29 is 9.47 Å². The lowest BCUT2D eigenvalue weighted by molar-refractivity contribution is 0.184. The average molecular weight is 329 g/mol. The van der Waals surface area contributed by atoms with Gasteiger partial charge in [-0.15, -0.1) is 0 Å². The van der Waals surface area contributed by atoms with Crippen molar-refractivity contribution in [3.05, 3.63) is 22.2 Å². The number of piperazine rings is 1. The molecule has 0 bridgehead atoms. The normalized spacial score (nSPS) is 18.1. The summed E-state index contributed by atoms with van der Waals surface area (Å²) in [6, 6.07) is 4.40. The maximum absolute atomic E-state index is 5.39. The van der Waals surface area contributed by atoms with Gasteiger partial charge in [0.05, 0.1) is 14.2 Å². The second-order valence-corrected chi connectivity index (χ2v) is 5.54. The predicted molar refractivity (Wildman–Crippen MR) is 80.1 cm³/mol. The smallest absolute Gasteiger partial charge is 0.161 e. The van der Waals surface area contributed by atoms with Crippen LogP contribution in [-0.4, -0.2) is 45.3 Å². The van der Waals surface area contributed by atoms with Crippen molar-refractivity contribution in [3.63, 3.8) is 0 Å². The van der Waals surface area contributed by atoms with E-state index in [4.69, 9.17) is 9.47 Å². The van der Waals surface area contributed by atoms with Gasteiger partial charge in [0, 0.05) is 36.7 Å². The van der Waals surface area contributed by atoms with Crippen LogP contribution in [0.5, 0.6) is 11.5 Å². The quantitative estimate of drug-likeness (QED) is 0.920. The summed E-state index contributed by atoms with van der Waals surface area (Å²) >= 11 is 3.64. The molecule has 4 nitrogen and oxygen atoms in total. The van der Waals surface area contributed by atoms with Gasteiger partial charge in [-0.05, 0) is 24.6 Å². The van der Waals surface area contributed by atoms with Gasteiger partial charge in [-0.3, -0.25) is 4.90 Å². The number of hydrogen-bond donors (Lipinski definition) is 1. The minimum atomic E-state index is 0.358. The molecule has 1 fully saturated rings. The van der Waals surface area contributed by atoms with Crippen molar-refractivity contribution in [2.75, 3.05) is 40.4 Å². The fraction of sp³-hybridized carbons (Fsp3) is 0.571. The van der Waals surface area contributed by atoms with Crippen LogP contribution < -0.4 is 14.8 Å². The molecular weight excluding hydrogens is 308 g/mol. The van der Waals surface area contributed by atoms with Crippen molar-refractivity contribution in [1.82, 2.24) is 10.2 Å². The van der Waals surface area contributed by atoms with Crippen LogP contribution in [-0.2, 0) is 0 Å². The van der Waals surface area contributed by atoms with Gasteiger partial charge in [0.1, 0.15) is 0 Å². The van der Waals surface area contributed by atoms with Crippen LogP contribution in [0.3, 0.4) is 0 Å². The summed E-state index contributed by atoms with van der Waals surface area (Å²) in [5, 5.41) is 3.38. The molecule has 0 aromatic heterocycles. The summed E-state index contributed by atoms with van der Waals surface area (Å²) in [4.78, 5) is 2.47. The second kappa shape index (κ2) is 6.59. The number of nitrogens with zero attached hydrogens (tertiary/aromatic N) is 1. The first-order valence-corrected chi connectivity index (χ1v) is 7.33. The Balaban J connectivity index is 2.27. The zero-order valence-electron chi connectivity index (χ0n) is 11.7. The van der Waals surface area contributed by atoms with E-state index in [2.05, 4.69) is 39.1 Å². The summed E-state index contributed by atoms with van der Waals surface area (Å²) in [6.45, 7) is 6.48. The molecular formula is C14H21BrN2O2. The average Bonchev–Trinajstić information content (AvgIpc) is 2.47. The summed E-state index contributed by atoms with van der Waals surface area (Å²) in [7, 11) is 3.33. The molecule has 1 unspecified atom stereocenters. The molecule has 5 heteroatoms. The van der Waals surface area contributed by atoms with E-state index in [1.807, 2.05) is 6.07 Å². The highest BCUT2D eigenvalue weighted by atomic mass is 79.9. The summed E-state index contributed by atoms with van der Waals surface area (Å²) in [6.07, 6.45) is 0. The molecule has 19 heavy (non-hydrogen) atoms. The van der Waals surface area contributed by atoms with E-state index in [1.165, 1.54) is 5.56 Å². The Morgan fingerprint density at radius 2 is 1.74 bits per heavy atom. The number of benzene rings is 1. The van der Waals surface area contributed by atoms with Gasteiger partial charge in [-0.1, -0.05) is 15.9 Å². The monoisotopic (exact) mass is 328 g/mol. The Kier molecular flexibility index (Phi) is 5.07. The fourth-order valence-corrected chi connectivity index (χ4v) is 3.11. The van der Waals surface area contributed by atoms with Crippen molar-refractivity contribution in [2.24, 2.45) is 0 Å². The largest absolute Gasteiger partial charge is 0.493 e. The standard InChI is InChI=1S/C14H21BrN2O2/c1-10(17-6-4-16-5-7-17)11-8-13(18-2)14(19-3)9-12(11)15/h8-10,16H,4-7H2,1-3H3. The van der Waals surface area contributed by atoms with Crippen molar-refractivity contribution in [3.8, 4) is 11.5 Å². The Morgan fingerprint density at radius 3 is 2.32 bits per heavy atom. The third-order valence-electron chi connectivity index (χ3n) is 3.65. The minimum Gasteiger partial charge on any atom is -0.493 e. The van der Waals surface area contributed by atoms with Crippen LogP contribution in [0, 0.1) is 0 Å². The van der Waals surface area contributed by atoms with Crippen LogP contribution in [0.2, 0.25) is 0 Å². The number of hydrogen-bond acceptors (Lipinski definition) is 4. The Bertz CT molecular complexity index is 434. The van der Waals surface area contributed by atoms with Crippen molar-refractivity contribution in [2.45, 2.75) is 13.0 Å². The van der Waals surface area contributed by atoms with Gasteiger partial charge in [0.2, 0.25) is 0 Å². The van der Waals surface area contributed by atoms with Crippen LogP contribution in [0.1, 0.15) is 18.5 Å². The Labute approximate surface area is 123 Å². The lowest BCUT2D eigenvalue weighted by Gasteiger charge is -2.33. The maximum atomic E-state index is 5.39. The lowest BCUT2D eigenvalue weighted by Crippen LogP contribution is -2.44. The van der Waals surface area contributed by atoms with E-state index in [9.17, 15) is 0 Å². The summed E-state index contributed by atoms with van der Waals surface area (Å²) in [5.74, 6) is 1.54. The number of rotatable bonds is 4. The van der Waals surface area contributed by atoms with Gasteiger partial charge < -0.3 is 14.8 Å². The Morgan fingerprint density at radius 1 is 1.16 bits per heavy atom. The second-order valence-electron chi connectivity index (χ2n) is 4.69. The highest BCUT2D eigenvalue weighted by Gasteiger charge is 2.21. The van der Waals surface area contributed by atoms with Gasteiger partial charge in [-0.25, -0.2) is 0 Å². The van der Waals surface area contributed by atoms with Gasteiger partial charge in [-0.2, -0.15) is 0 Å². The van der Waals surface area contributed by atoms with Crippen LogP contribution in [0.25, 0.3) is 0 Å². The summed E-state index contributed by atoms with van der Waals surface area (Å²) < 4.78 is 11.8. The van der Waals surface area contributed by atoms with Crippen molar-refractivity contribution in [1.29, 1.82) is 0 Å². The van der Waals surface area contributed by atoms with Gasteiger partial charge in [0.25, 0.3) is 0 Å². The molecule has 0 aliphatic carbocycles.